The summed E-state index contributed by atoms with van der Waals surface area (Å²) in [4.78, 5) is 48.9. The summed E-state index contributed by atoms with van der Waals surface area (Å²) >= 11 is 0. The molecule has 1 aliphatic rings. The molecule has 11 nitrogen and oxygen atoms in total. The molecule has 0 aliphatic carbocycles. The normalized spacial score (nSPS) is 15.9. The smallest absolute Gasteiger partial charge is 0.328 e. The van der Waals surface area contributed by atoms with Crippen LogP contribution in [0.3, 0.4) is 0 Å². The van der Waals surface area contributed by atoms with Crippen LogP contribution in [0.2, 0.25) is 0 Å². The molecule has 4 amide bonds. The zero-order chi connectivity index (χ0) is 21.8. The van der Waals surface area contributed by atoms with Gasteiger partial charge in [-0.3, -0.25) is 19.7 Å². The molecule has 2 aromatic carbocycles. The standard InChI is InChI=1S/C19H18N4O7/c1-29-15-8-7-13(9-16(15)30-2)22-18(25)14(10-20-19(22)26)17(24)21-11-3-5-12(6-4-11)23(27)28/h3-9,14H,10H2,1-2H3,(H,20,26)(H,21,24). The lowest BCUT2D eigenvalue weighted by atomic mass is 10.0. The van der Waals surface area contributed by atoms with Gasteiger partial charge in [0.25, 0.3) is 5.69 Å². The number of anilines is 2. The molecule has 2 N–H and O–H groups in total. The van der Waals surface area contributed by atoms with E-state index >= 15 is 0 Å². The largest absolute Gasteiger partial charge is 0.493 e. The quantitative estimate of drug-likeness (QED) is 0.418. The molecule has 0 radical (unpaired) electrons. The molecule has 1 fully saturated rings. The third-order valence-corrected chi connectivity index (χ3v) is 4.47. The van der Waals surface area contributed by atoms with Crippen molar-refractivity contribution in [3.05, 3.63) is 52.6 Å². The molecule has 11 heteroatoms. The molecule has 0 bridgehead atoms. The van der Waals surface area contributed by atoms with Crippen LogP contribution in [0.15, 0.2) is 42.5 Å². The van der Waals surface area contributed by atoms with Crippen molar-refractivity contribution in [3.8, 4) is 11.5 Å². The number of carbonyl (C=O) groups excluding carboxylic acids is 3. The number of nitro groups is 1. The second-order valence-corrected chi connectivity index (χ2v) is 6.24. The maximum absolute atomic E-state index is 12.9. The van der Waals surface area contributed by atoms with Crippen molar-refractivity contribution in [2.24, 2.45) is 5.92 Å². The first-order valence-corrected chi connectivity index (χ1v) is 8.75. The first-order valence-electron chi connectivity index (χ1n) is 8.75. The van der Waals surface area contributed by atoms with Crippen molar-refractivity contribution in [2.45, 2.75) is 0 Å². The Morgan fingerprint density at radius 2 is 1.80 bits per heavy atom. The second-order valence-electron chi connectivity index (χ2n) is 6.24. The van der Waals surface area contributed by atoms with Crippen LogP contribution >= 0.6 is 0 Å². The molecule has 1 saturated heterocycles. The Labute approximate surface area is 170 Å². The number of hydrogen-bond donors (Lipinski definition) is 2. The number of nitrogens with zero attached hydrogens (tertiary/aromatic N) is 2. The van der Waals surface area contributed by atoms with Gasteiger partial charge in [-0.25, -0.2) is 9.69 Å². The zero-order valence-corrected chi connectivity index (χ0v) is 16.1. The molecule has 156 valence electrons. The Balaban J connectivity index is 1.80. The molecule has 30 heavy (non-hydrogen) atoms. The average molecular weight is 414 g/mol. The SMILES string of the molecule is COc1ccc(N2C(=O)NCC(C(=O)Nc3ccc([N+](=O)[O-])cc3)C2=O)cc1OC. The maximum Gasteiger partial charge on any atom is 0.328 e. The number of methoxy groups -OCH3 is 2. The van der Waals surface area contributed by atoms with Crippen molar-refractivity contribution in [1.82, 2.24) is 5.32 Å². The summed E-state index contributed by atoms with van der Waals surface area (Å²) in [5.74, 6) is -1.83. The number of nitrogens with one attached hydrogen (secondary N) is 2. The first kappa shape index (κ1) is 20.6. The molecule has 0 spiro atoms. The molecule has 2 aromatic rings. The molecule has 0 saturated carbocycles. The van der Waals surface area contributed by atoms with E-state index in [0.29, 0.717) is 11.5 Å². The van der Waals surface area contributed by atoms with Crippen LogP contribution in [0.1, 0.15) is 0 Å². The van der Waals surface area contributed by atoms with Gasteiger partial charge in [0.05, 0.1) is 24.8 Å². The number of hydrogen-bond acceptors (Lipinski definition) is 7. The summed E-state index contributed by atoms with van der Waals surface area (Å²) in [5.41, 5.74) is 0.365. The third kappa shape index (κ3) is 3.99. The molecular weight excluding hydrogens is 396 g/mol. The summed E-state index contributed by atoms with van der Waals surface area (Å²) in [6, 6.07) is 8.98. The lowest BCUT2D eigenvalue weighted by molar-refractivity contribution is -0.384. The van der Waals surface area contributed by atoms with Crippen LogP contribution < -0.4 is 25.0 Å². The average Bonchev–Trinajstić information content (AvgIpc) is 2.73. The highest BCUT2D eigenvalue weighted by Crippen LogP contribution is 2.32. The van der Waals surface area contributed by atoms with Crippen molar-refractivity contribution < 1.29 is 28.8 Å². The number of ether oxygens (including phenoxy) is 2. The van der Waals surface area contributed by atoms with E-state index in [-0.39, 0.29) is 23.6 Å². The van der Waals surface area contributed by atoms with E-state index in [2.05, 4.69) is 10.6 Å². The van der Waals surface area contributed by atoms with Crippen LogP contribution in [-0.4, -0.2) is 43.5 Å². The monoisotopic (exact) mass is 414 g/mol. The highest BCUT2D eigenvalue weighted by molar-refractivity contribution is 6.23. The zero-order valence-electron chi connectivity index (χ0n) is 16.1. The van der Waals surface area contributed by atoms with E-state index in [1.54, 1.807) is 0 Å². The van der Waals surface area contributed by atoms with Crippen LogP contribution in [-0.2, 0) is 9.59 Å². The Hall–Kier alpha value is -4.15. The van der Waals surface area contributed by atoms with Gasteiger partial charge in [0.1, 0.15) is 5.92 Å². The lowest BCUT2D eigenvalue weighted by Crippen LogP contribution is -2.58. The van der Waals surface area contributed by atoms with E-state index in [0.717, 1.165) is 4.90 Å². The fourth-order valence-corrected chi connectivity index (χ4v) is 2.92. The van der Waals surface area contributed by atoms with Gasteiger partial charge in [-0.1, -0.05) is 0 Å². The highest BCUT2D eigenvalue weighted by atomic mass is 16.6. The minimum absolute atomic E-state index is 0.131. The van der Waals surface area contributed by atoms with Crippen molar-refractivity contribution in [1.29, 1.82) is 0 Å². The summed E-state index contributed by atoms with van der Waals surface area (Å²) in [6.07, 6.45) is 0. The van der Waals surface area contributed by atoms with Gasteiger partial charge in [0.2, 0.25) is 11.8 Å². The Morgan fingerprint density at radius 1 is 1.13 bits per heavy atom. The van der Waals surface area contributed by atoms with Crippen molar-refractivity contribution in [3.63, 3.8) is 0 Å². The van der Waals surface area contributed by atoms with Crippen molar-refractivity contribution in [2.75, 3.05) is 31.0 Å². The molecule has 1 unspecified atom stereocenters. The number of non-ortho nitro benzene ring substituents is 1. The predicted octanol–water partition coefficient (Wildman–Crippen LogP) is 1.92. The van der Waals surface area contributed by atoms with Gasteiger partial charge < -0.3 is 20.1 Å². The predicted molar refractivity (Wildman–Crippen MR) is 106 cm³/mol. The Morgan fingerprint density at radius 3 is 2.40 bits per heavy atom. The third-order valence-electron chi connectivity index (χ3n) is 4.47. The number of amides is 4. The fraction of sp³-hybridized carbons (Fsp3) is 0.211. The summed E-state index contributed by atoms with van der Waals surface area (Å²) in [5, 5.41) is 15.8. The second kappa shape index (κ2) is 8.47. The van der Waals surface area contributed by atoms with Crippen LogP contribution in [0.25, 0.3) is 0 Å². The number of benzene rings is 2. The van der Waals surface area contributed by atoms with E-state index in [1.807, 2.05) is 0 Å². The van der Waals surface area contributed by atoms with Gasteiger partial charge in [-0.15, -0.1) is 0 Å². The van der Waals surface area contributed by atoms with Gasteiger partial charge >= 0.3 is 6.03 Å². The van der Waals surface area contributed by atoms with E-state index < -0.39 is 28.7 Å². The van der Waals surface area contributed by atoms with Gasteiger partial charge in [0.15, 0.2) is 11.5 Å². The molecule has 1 heterocycles. The fourth-order valence-electron chi connectivity index (χ4n) is 2.92. The van der Waals surface area contributed by atoms with Crippen LogP contribution in [0, 0.1) is 16.0 Å². The number of urea groups is 1. The topological polar surface area (TPSA) is 140 Å². The van der Waals surface area contributed by atoms with E-state index in [1.165, 1.54) is 56.7 Å². The molecular formula is C19H18N4O7. The van der Waals surface area contributed by atoms with Crippen LogP contribution in [0.5, 0.6) is 11.5 Å². The number of imide groups is 1. The Bertz CT molecular complexity index is 1010. The Kier molecular flexibility index (Phi) is 5.81. The number of nitro benzene ring substituents is 1. The number of carbonyl (C=O) groups is 3. The molecule has 3 rings (SSSR count). The summed E-state index contributed by atoms with van der Waals surface area (Å²) < 4.78 is 10.3. The first-order chi connectivity index (χ1) is 14.3. The molecule has 1 atom stereocenters. The van der Waals surface area contributed by atoms with Crippen LogP contribution in [0.4, 0.5) is 21.9 Å². The highest BCUT2D eigenvalue weighted by Gasteiger charge is 2.39. The van der Waals surface area contributed by atoms with Gasteiger partial charge in [-0.05, 0) is 24.3 Å². The molecule has 1 aliphatic heterocycles. The summed E-state index contributed by atoms with van der Waals surface area (Å²) in [6.45, 7) is -0.180. The van der Waals surface area contributed by atoms with Gasteiger partial charge in [0, 0.05) is 30.4 Å². The van der Waals surface area contributed by atoms with E-state index in [9.17, 15) is 24.5 Å². The van der Waals surface area contributed by atoms with Crippen molar-refractivity contribution >= 4 is 34.9 Å². The minimum atomic E-state index is -1.19. The van der Waals surface area contributed by atoms with E-state index in [4.69, 9.17) is 9.47 Å². The maximum atomic E-state index is 12.9. The number of rotatable bonds is 6. The minimum Gasteiger partial charge on any atom is -0.493 e. The lowest BCUT2D eigenvalue weighted by Gasteiger charge is -2.31. The summed E-state index contributed by atoms with van der Waals surface area (Å²) in [7, 11) is 2.87. The van der Waals surface area contributed by atoms with Gasteiger partial charge in [-0.2, -0.15) is 0 Å². The molecule has 0 aromatic heterocycles.